The maximum Gasteiger partial charge on any atom is 0.264 e. The molecule has 0 aliphatic rings. The Morgan fingerprint density at radius 2 is 1.54 bits per heavy atom. The standard InChI is InChI=1S/C28H31Cl2N3O5S/c1-19(2)31-28(35)20(3)32(17-24-25(29)14-9-15-26(24)30)27(34)18-33(21-10-8-11-22(16-21)38-4)39(36,37)23-12-6-5-7-13-23/h5-16,19-20H,17-18H2,1-4H3,(H,31,35)/t20-/m1/s1. The van der Waals surface area contributed by atoms with Crippen molar-refractivity contribution in [2.45, 2.75) is 44.3 Å². The fourth-order valence-electron chi connectivity index (χ4n) is 3.86. The van der Waals surface area contributed by atoms with E-state index in [1.54, 1.807) is 75.4 Å². The molecule has 0 heterocycles. The summed E-state index contributed by atoms with van der Waals surface area (Å²) in [6.07, 6.45) is 0. The van der Waals surface area contributed by atoms with Gasteiger partial charge in [-0.15, -0.1) is 0 Å². The number of methoxy groups -OCH3 is 1. The SMILES string of the molecule is COc1cccc(N(CC(=O)N(Cc2c(Cl)cccc2Cl)[C@H](C)C(=O)NC(C)C)S(=O)(=O)c2ccccc2)c1. The van der Waals surface area contributed by atoms with Gasteiger partial charge in [-0.3, -0.25) is 13.9 Å². The maximum atomic E-state index is 13.9. The number of nitrogens with one attached hydrogen (secondary N) is 1. The molecule has 0 saturated carbocycles. The van der Waals surface area contributed by atoms with Gasteiger partial charge in [0.05, 0.1) is 17.7 Å². The van der Waals surface area contributed by atoms with E-state index in [4.69, 9.17) is 27.9 Å². The number of carbonyl (C=O) groups is 2. The van der Waals surface area contributed by atoms with Crippen molar-refractivity contribution in [3.05, 3.63) is 88.4 Å². The number of hydrogen-bond donors (Lipinski definition) is 1. The van der Waals surface area contributed by atoms with Crippen LogP contribution in [0.1, 0.15) is 26.3 Å². The molecule has 8 nitrogen and oxygen atoms in total. The first-order valence-electron chi connectivity index (χ1n) is 12.2. The molecule has 0 saturated heterocycles. The number of carbonyl (C=O) groups excluding carboxylic acids is 2. The van der Waals surface area contributed by atoms with Crippen LogP contribution in [0.5, 0.6) is 5.75 Å². The molecule has 0 aliphatic heterocycles. The lowest BCUT2D eigenvalue weighted by atomic mass is 10.1. The smallest absolute Gasteiger partial charge is 0.264 e. The molecule has 0 bridgehead atoms. The van der Waals surface area contributed by atoms with Crippen molar-refractivity contribution in [3.8, 4) is 5.75 Å². The highest BCUT2D eigenvalue weighted by atomic mass is 35.5. The zero-order valence-electron chi connectivity index (χ0n) is 22.1. The van der Waals surface area contributed by atoms with E-state index in [0.717, 1.165) is 4.31 Å². The van der Waals surface area contributed by atoms with Crippen molar-refractivity contribution in [2.24, 2.45) is 0 Å². The number of amides is 2. The normalized spacial score (nSPS) is 12.1. The average Bonchev–Trinajstić information content (AvgIpc) is 2.91. The lowest BCUT2D eigenvalue weighted by Crippen LogP contribution is -2.52. The molecule has 0 aromatic heterocycles. The molecule has 1 N–H and O–H groups in total. The second-order valence-electron chi connectivity index (χ2n) is 9.09. The zero-order valence-corrected chi connectivity index (χ0v) is 24.4. The Labute approximate surface area is 239 Å². The number of rotatable bonds is 11. The van der Waals surface area contributed by atoms with E-state index in [1.807, 2.05) is 0 Å². The van der Waals surface area contributed by atoms with Gasteiger partial charge in [-0.25, -0.2) is 8.42 Å². The van der Waals surface area contributed by atoms with Gasteiger partial charge in [-0.05, 0) is 57.2 Å². The van der Waals surface area contributed by atoms with Crippen molar-refractivity contribution in [1.29, 1.82) is 0 Å². The van der Waals surface area contributed by atoms with Crippen LogP contribution >= 0.6 is 23.2 Å². The molecule has 1 atom stereocenters. The third-order valence-electron chi connectivity index (χ3n) is 5.94. The van der Waals surface area contributed by atoms with Crippen LogP contribution in [0, 0.1) is 0 Å². The van der Waals surface area contributed by atoms with Crippen LogP contribution in [-0.2, 0) is 26.2 Å². The second-order valence-corrected chi connectivity index (χ2v) is 11.8. The molecular weight excluding hydrogens is 561 g/mol. The van der Waals surface area contributed by atoms with Crippen LogP contribution in [0.2, 0.25) is 10.0 Å². The minimum absolute atomic E-state index is 0.00641. The molecular formula is C28H31Cl2N3O5S. The number of ether oxygens (including phenoxy) is 1. The van der Waals surface area contributed by atoms with Gasteiger partial charge in [-0.1, -0.05) is 53.5 Å². The highest BCUT2D eigenvalue weighted by Crippen LogP contribution is 2.29. The van der Waals surface area contributed by atoms with Gasteiger partial charge < -0.3 is 15.0 Å². The Hall–Kier alpha value is -3.27. The summed E-state index contributed by atoms with van der Waals surface area (Å²) in [4.78, 5) is 28.2. The topological polar surface area (TPSA) is 96.0 Å². The first-order chi connectivity index (χ1) is 18.4. The number of sulfonamides is 1. The summed E-state index contributed by atoms with van der Waals surface area (Å²) in [5.74, 6) is -0.613. The highest BCUT2D eigenvalue weighted by Gasteiger charge is 2.33. The van der Waals surface area contributed by atoms with Crippen molar-refractivity contribution in [3.63, 3.8) is 0 Å². The minimum atomic E-state index is -4.18. The van der Waals surface area contributed by atoms with Gasteiger partial charge in [0.2, 0.25) is 11.8 Å². The third kappa shape index (κ3) is 7.44. The second kappa shape index (κ2) is 13.2. The minimum Gasteiger partial charge on any atom is -0.497 e. The van der Waals surface area contributed by atoms with Gasteiger partial charge in [-0.2, -0.15) is 0 Å². The van der Waals surface area contributed by atoms with E-state index >= 15 is 0 Å². The molecule has 3 aromatic rings. The monoisotopic (exact) mass is 591 g/mol. The molecule has 0 fully saturated rings. The Morgan fingerprint density at radius 3 is 2.13 bits per heavy atom. The first-order valence-corrected chi connectivity index (χ1v) is 14.4. The summed E-state index contributed by atoms with van der Waals surface area (Å²) in [5, 5.41) is 3.44. The quantitative estimate of drug-likeness (QED) is 0.333. The van der Waals surface area contributed by atoms with Crippen LogP contribution < -0.4 is 14.4 Å². The molecule has 3 rings (SSSR count). The summed E-state index contributed by atoms with van der Waals surface area (Å²) in [6, 6.07) is 18.0. The molecule has 0 spiro atoms. The number of anilines is 1. The summed E-state index contributed by atoms with van der Waals surface area (Å²) in [5.41, 5.74) is 0.666. The van der Waals surface area contributed by atoms with E-state index in [0.29, 0.717) is 21.4 Å². The van der Waals surface area contributed by atoms with Gasteiger partial charge in [0, 0.05) is 34.3 Å². The van der Waals surface area contributed by atoms with Crippen LogP contribution in [0.3, 0.4) is 0 Å². The average molecular weight is 593 g/mol. The molecule has 2 amide bonds. The zero-order chi connectivity index (χ0) is 28.7. The van der Waals surface area contributed by atoms with E-state index in [1.165, 1.54) is 30.2 Å². The highest BCUT2D eigenvalue weighted by molar-refractivity contribution is 7.92. The lowest BCUT2D eigenvalue weighted by Gasteiger charge is -2.32. The summed E-state index contributed by atoms with van der Waals surface area (Å²) >= 11 is 12.8. The molecule has 0 unspecified atom stereocenters. The first kappa shape index (κ1) is 30.3. The van der Waals surface area contributed by atoms with Crippen molar-refractivity contribution >= 4 is 50.7 Å². The van der Waals surface area contributed by atoms with Gasteiger partial charge in [0.25, 0.3) is 10.0 Å². The van der Waals surface area contributed by atoms with Crippen molar-refractivity contribution in [2.75, 3.05) is 18.0 Å². The third-order valence-corrected chi connectivity index (χ3v) is 8.44. The van der Waals surface area contributed by atoms with Gasteiger partial charge in [0.15, 0.2) is 0 Å². The molecule has 0 radical (unpaired) electrons. The van der Waals surface area contributed by atoms with Crippen LogP contribution in [0.25, 0.3) is 0 Å². The van der Waals surface area contributed by atoms with Crippen molar-refractivity contribution < 1.29 is 22.7 Å². The Kier molecular flexibility index (Phi) is 10.2. The van der Waals surface area contributed by atoms with Crippen LogP contribution in [0.4, 0.5) is 5.69 Å². The van der Waals surface area contributed by atoms with Crippen LogP contribution in [-0.4, -0.2) is 50.9 Å². The molecule has 208 valence electrons. The number of benzene rings is 3. The van der Waals surface area contributed by atoms with E-state index in [-0.39, 0.29) is 23.2 Å². The van der Waals surface area contributed by atoms with Gasteiger partial charge >= 0.3 is 0 Å². The Morgan fingerprint density at radius 1 is 0.923 bits per heavy atom. The fourth-order valence-corrected chi connectivity index (χ4v) is 5.80. The maximum absolute atomic E-state index is 13.9. The van der Waals surface area contributed by atoms with Crippen molar-refractivity contribution in [1.82, 2.24) is 10.2 Å². The van der Waals surface area contributed by atoms with Gasteiger partial charge in [0.1, 0.15) is 18.3 Å². The predicted molar refractivity (Wildman–Crippen MR) is 154 cm³/mol. The summed E-state index contributed by atoms with van der Waals surface area (Å²) in [6.45, 7) is 4.48. The summed E-state index contributed by atoms with van der Waals surface area (Å²) in [7, 11) is -2.72. The number of halogens is 2. The largest absolute Gasteiger partial charge is 0.497 e. The number of nitrogens with zero attached hydrogens (tertiary/aromatic N) is 2. The molecule has 11 heteroatoms. The molecule has 0 aliphatic carbocycles. The van der Waals surface area contributed by atoms with E-state index in [2.05, 4.69) is 5.32 Å². The van der Waals surface area contributed by atoms with Crippen LogP contribution in [0.15, 0.2) is 77.7 Å². The van der Waals surface area contributed by atoms with E-state index in [9.17, 15) is 18.0 Å². The predicted octanol–water partition coefficient (Wildman–Crippen LogP) is 5.14. The molecule has 39 heavy (non-hydrogen) atoms. The summed E-state index contributed by atoms with van der Waals surface area (Å²) < 4.78 is 33.9. The Bertz CT molecular complexity index is 1400. The fraction of sp³-hybridized carbons (Fsp3) is 0.286. The van der Waals surface area contributed by atoms with E-state index < -0.39 is 34.4 Å². The lowest BCUT2D eigenvalue weighted by molar-refractivity contribution is -0.139. The number of hydrogen-bond acceptors (Lipinski definition) is 5. The Balaban J connectivity index is 2.08. The molecule has 3 aromatic carbocycles.